The largest absolute Gasteiger partial charge is 0.381 e. The molecule has 0 spiro atoms. The van der Waals surface area contributed by atoms with Crippen molar-refractivity contribution in [3.05, 3.63) is 151 Å². The number of hydrogen-bond donors (Lipinski definition) is 1. The van der Waals surface area contributed by atoms with Crippen molar-refractivity contribution in [1.29, 1.82) is 0 Å². The summed E-state index contributed by atoms with van der Waals surface area (Å²) in [6.07, 6.45) is 6.38. The maximum Gasteiger partial charge on any atom is 0.0787 e. The summed E-state index contributed by atoms with van der Waals surface area (Å²) >= 11 is 0. The summed E-state index contributed by atoms with van der Waals surface area (Å²) in [5.41, 5.74) is 13.1. The lowest BCUT2D eigenvalue weighted by molar-refractivity contribution is 1.32. The van der Waals surface area contributed by atoms with Gasteiger partial charge < -0.3 is 5.32 Å². The Bertz CT molecular complexity index is 2090. The van der Waals surface area contributed by atoms with Crippen LogP contribution in [-0.4, -0.2) is 11.5 Å². The molecule has 0 amide bonds. The molecule has 2 heteroatoms. The van der Waals surface area contributed by atoms with E-state index < -0.39 is 0 Å². The van der Waals surface area contributed by atoms with Gasteiger partial charge >= 0.3 is 0 Å². The molecule has 6 aromatic carbocycles. The molecule has 0 aliphatic carbocycles. The van der Waals surface area contributed by atoms with Gasteiger partial charge in [-0.25, -0.2) is 0 Å². The van der Waals surface area contributed by atoms with Crippen LogP contribution in [0, 0.1) is 0 Å². The second-order valence-electron chi connectivity index (χ2n) is 10.8. The van der Waals surface area contributed by atoms with E-state index in [1.807, 2.05) is 12.3 Å². The molecule has 198 valence electrons. The summed E-state index contributed by atoms with van der Waals surface area (Å²) in [6, 6.07) is 47.8. The van der Waals surface area contributed by atoms with Crippen molar-refractivity contribution in [2.75, 3.05) is 11.9 Å². The molecule has 0 fully saturated rings. The Morgan fingerprint density at radius 2 is 1.02 bits per heavy atom. The van der Waals surface area contributed by atoms with E-state index in [9.17, 15) is 0 Å². The van der Waals surface area contributed by atoms with Crippen LogP contribution in [0.4, 0.5) is 5.69 Å². The van der Waals surface area contributed by atoms with Crippen molar-refractivity contribution in [2.45, 2.75) is 0 Å². The van der Waals surface area contributed by atoms with Crippen LogP contribution in [0.25, 0.3) is 72.3 Å². The van der Waals surface area contributed by atoms with Crippen molar-refractivity contribution < 1.29 is 0 Å². The molecule has 0 atom stereocenters. The van der Waals surface area contributed by atoms with Crippen LogP contribution in [0.5, 0.6) is 0 Å². The van der Waals surface area contributed by atoms with E-state index in [0.717, 1.165) is 17.4 Å². The SMILES string of the molecule is C1=Cc2c(-c3ccc(-c4ccccc4)cc3)cc3c(cc(-c4ccc(-c5ccccc5)cc4)c4cccnc43)c2NC1. The first kappa shape index (κ1) is 24.3. The van der Waals surface area contributed by atoms with E-state index in [2.05, 4.69) is 145 Å². The zero-order chi connectivity index (χ0) is 27.9. The van der Waals surface area contributed by atoms with Gasteiger partial charge in [0.2, 0.25) is 0 Å². The molecule has 7 aromatic rings. The van der Waals surface area contributed by atoms with Crippen LogP contribution < -0.4 is 5.32 Å². The number of fused-ring (bicyclic) bond motifs is 5. The minimum Gasteiger partial charge on any atom is -0.381 e. The first-order valence-corrected chi connectivity index (χ1v) is 14.4. The molecule has 0 bridgehead atoms. The molecule has 1 aliphatic rings. The molecule has 0 radical (unpaired) electrons. The molecule has 0 saturated carbocycles. The molecule has 42 heavy (non-hydrogen) atoms. The standard InChI is InChI=1S/C40H28N2/c1-3-9-27(10-4-1)29-15-19-31(20-16-29)35-25-37-38(39-33(35)13-7-23-41-39)26-36(34-14-8-24-42-40(34)37)32-21-17-30(18-22-32)28-11-5-2-6-12-28/h1-23,25-26,42H,24H2. The predicted octanol–water partition coefficient (Wildman–Crippen LogP) is 10.5. The van der Waals surface area contributed by atoms with Gasteiger partial charge in [0.1, 0.15) is 0 Å². The number of pyridine rings is 1. The van der Waals surface area contributed by atoms with Crippen LogP contribution >= 0.6 is 0 Å². The van der Waals surface area contributed by atoms with Gasteiger partial charge in [-0.2, -0.15) is 0 Å². The summed E-state index contributed by atoms with van der Waals surface area (Å²) in [5, 5.41) is 7.24. The highest BCUT2D eigenvalue weighted by molar-refractivity contribution is 6.18. The Morgan fingerprint density at radius 1 is 0.476 bits per heavy atom. The second-order valence-corrected chi connectivity index (χ2v) is 10.8. The van der Waals surface area contributed by atoms with Crippen molar-refractivity contribution >= 4 is 33.4 Å². The van der Waals surface area contributed by atoms with E-state index in [1.54, 1.807) is 0 Å². The third-order valence-corrected chi connectivity index (χ3v) is 8.34. The third kappa shape index (κ3) is 4.17. The van der Waals surface area contributed by atoms with Gasteiger partial charge in [0.25, 0.3) is 0 Å². The van der Waals surface area contributed by atoms with Crippen LogP contribution in [0.3, 0.4) is 0 Å². The van der Waals surface area contributed by atoms with Crippen molar-refractivity contribution in [2.24, 2.45) is 0 Å². The minimum atomic E-state index is 0.805. The zero-order valence-electron chi connectivity index (χ0n) is 23.1. The number of rotatable bonds is 4. The van der Waals surface area contributed by atoms with Gasteiger partial charge in [-0.15, -0.1) is 0 Å². The molecular formula is C40H28N2. The molecule has 1 aromatic heterocycles. The molecular weight excluding hydrogens is 508 g/mol. The third-order valence-electron chi connectivity index (χ3n) is 8.34. The molecule has 0 saturated heterocycles. The Kier molecular flexibility index (Phi) is 5.89. The quantitative estimate of drug-likeness (QED) is 0.226. The van der Waals surface area contributed by atoms with Gasteiger partial charge in [0.15, 0.2) is 0 Å². The molecule has 1 N–H and O–H groups in total. The summed E-state index contributed by atoms with van der Waals surface area (Å²) in [5.74, 6) is 0. The molecule has 2 heterocycles. The van der Waals surface area contributed by atoms with E-state index in [4.69, 9.17) is 4.98 Å². The Hall–Kier alpha value is -5.47. The molecule has 2 nitrogen and oxygen atoms in total. The topological polar surface area (TPSA) is 24.9 Å². The number of nitrogens with one attached hydrogen (secondary N) is 1. The number of benzene rings is 6. The fraction of sp³-hybridized carbons (Fsp3) is 0.0250. The van der Waals surface area contributed by atoms with Crippen molar-refractivity contribution in [3.63, 3.8) is 0 Å². The Labute approximate surface area is 245 Å². The monoisotopic (exact) mass is 536 g/mol. The fourth-order valence-electron chi connectivity index (χ4n) is 6.24. The average Bonchev–Trinajstić information content (AvgIpc) is 3.08. The number of nitrogens with zero attached hydrogens (tertiary/aromatic N) is 1. The van der Waals surface area contributed by atoms with E-state index in [-0.39, 0.29) is 0 Å². The van der Waals surface area contributed by atoms with Crippen LogP contribution in [0.2, 0.25) is 0 Å². The minimum absolute atomic E-state index is 0.805. The van der Waals surface area contributed by atoms with Gasteiger partial charge in [-0.3, -0.25) is 4.98 Å². The molecule has 0 unspecified atom stereocenters. The highest BCUT2D eigenvalue weighted by Crippen LogP contribution is 2.44. The van der Waals surface area contributed by atoms with Crippen LogP contribution in [0.15, 0.2) is 146 Å². The molecule has 8 rings (SSSR count). The van der Waals surface area contributed by atoms with Crippen molar-refractivity contribution in [3.8, 4) is 44.5 Å². The smallest absolute Gasteiger partial charge is 0.0787 e. The second kappa shape index (κ2) is 10.2. The van der Waals surface area contributed by atoms with Crippen molar-refractivity contribution in [1.82, 2.24) is 4.98 Å². The maximum absolute atomic E-state index is 4.95. The number of anilines is 1. The Balaban J connectivity index is 1.31. The summed E-state index contributed by atoms with van der Waals surface area (Å²) < 4.78 is 0. The predicted molar refractivity (Wildman–Crippen MR) is 179 cm³/mol. The van der Waals surface area contributed by atoms with Gasteiger partial charge in [-0.05, 0) is 62.7 Å². The highest BCUT2D eigenvalue weighted by atomic mass is 14.9. The first-order valence-electron chi connectivity index (χ1n) is 14.4. The lowest BCUT2D eigenvalue weighted by Crippen LogP contribution is -2.07. The van der Waals surface area contributed by atoms with Gasteiger partial charge in [0, 0.05) is 34.5 Å². The number of aromatic nitrogens is 1. The number of hydrogen-bond acceptors (Lipinski definition) is 2. The first-order chi connectivity index (χ1) is 20.8. The normalized spacial score (nSPS) is 12.3. The lowest BCUT2D eigenvalue weighted by atomic mass is 9.88. The zero-order valence-corrected chi connectivity index (χ0v) is 23.1. The maximum atomic E-state index is 4.95. The lowest BCUT2D eigenvalue weighted by Gasteiger charge is -2.22. The van der Waals surface area contributed by atoms with E-state index in [1.165, 1.54) is 66.5 Å². The van der Waals surface area contributed by atoms with Gasteiger partial charge in [0.05, 0.1) is 11.2 Å². The van der Waals surface area contributed by atoms with E-state index >= 15 is 0 Å². The summed E-state index contributed by atoms with van der Waals surface area (Å²) in [4.78, 5) is 4.95. The van der Waals surface area contributed by atoms with E-state index in [0.29, 0.717) is 0 Å². The van der Waals surface area contributed by atoms with Crippen LogP contribution in [0.1, 0.15) is 5.56 Å². The van der Waals surface area contributed by atoms with Gasteiger partial charge in [-0.1, -0.05) is 127 Å². The Morgan fingerprint density at radius 3 is 1.67 bits per heavy atom. The summed E-state index contributed by atoms with van der Waals surface area (Å²) in [6.45, 7) is 0.805. The van der Waals surface area contributed by atoms with Crippen LogP contribution in [-0.2, 0) is 0 Å². The summed E-state index contributed by atoms with van der Waals surface area (Å²) in [7, 11) is 0. The average molecular weight is 537 g/mol. The fourth-order valence-corrected chi connectivity index (χ4v) is 6.24. The molecule has 1 aliphatic heterocycles. The highest BCUT2D eigenvalue weighted by Gasteiger charge is 2.19.